The second-order valence-electron chi connectivity index (χ2n) is 4.25. The Hall–Kier alpha value is -0.900. The van der Waals surface area contributed by atoms with Gasteiger partial charge in [-0.15, -0.1) is 11.3 Å². The summed E-state index contributed by atoms with van der Waals surface area (Å²) < 4.78 is 13.9. The van der Waals surface area contributed by atoms with Gasteiger partial charge in [-0.3, -0.25) is 0 Å². The number of thiophene rings is 1. The summed E-state index contributed by atoms with van der Waals surface area (Å²) in [5.41, 5.74) is 2.10. The minimum Gasteiger partial charge on any atom is -0.313 e. The fourth-order valence-electron chi connectivity index (χ4n) is 2.06. The van der Waals surface area contributed by atoms with Gasteiger partial charge in [-0.1, -0.05) is 17.7 Å². The van der Waals surface area contributed by atoms with Gasteiger partial charge < -0.3 is 5.32 Å². The van der Waals surface area contributed by atoms with Crippen molar-refractivity contribution < 1.29 is 4.39 Å². The van der Waals surface area contributed by atoms with Gasteiger partial charge in [-0.05, 0) is 49.4 Å². The highest BCUT2D eigenvalue weighted by atomic mass is 35.5. The average Bonchev–Trinajstić information content (AvgIpc) is 2.72. The van der Waals surface area contributed by atoms with Gasteiger partial charge in [0.1, 0.15) is 5.82 Å². The highest BCUT2D eigenvalue weighted by Crippen LogP contribution is 2.27. The zero-order valence-electron chi connectivity index (χ0n) is 10.3. The molecular weight excluding hydrogens is 269 g/mol. The van der Waals surface area contributed by atoms with Crippen LogP contribution in [0.5, 0.6) is 0 Å². The topological polar surface area (TPSA) is 12.0 Å². The average molecular weight is 284 g/mol. The van der Waals surface area contributed by atoms with Crippen LogP contribution in [0.15, 0.2) is 30.3 Å². The highest BCUT2D eigenvalue weighted by Gasteiger charge is 2.14. The van der Waals surface area contributed by atoms with Crippen LogP contribution in [0.2, 0.25) is 4.34 Å². The van der Waals surface area contributed by atoms with Crippen molar-refractivity contribution in [3.8, 4) is 0 Å². The number of halogens is 2. The van der Waals surface area contributed by atoms with Gasteiger partial charge in [-0.2, -0.15) is 0 Å². The first-order chi connectivity index (χ1) is 8.60. The van der Waals surface area contributed by atoms with Crippen LogP contribution in [0.1, 0.15) is 22.0 Å². The van der Waals surface area contributed by atoms with Gasteiger partial charge in [0.25, 0.3) is 0 Å². The van der Waals surface area contributed by atoms with Crippen LogP contribution in [0.25, 0.3) is 0 Å². The van der Waals surface area contributed by atoms with E-state index in [1.165, 1.54) is 10.9 Å². The van der Waals surface area contributed by atoms with Crippen LogP contribution < -0.4 is 5.32 Å². The van der Waals surface area contributed by atoms with Crippen molar-refractivity contribution in [2.45, 2.75) is 19.4 Å². The molecule has 0 saturated carbocycles. The Kier molecular flexibility index (Phi) is 4.38. The molecule has 1 atom stereocenters. The second kappa shape index (κ2) is 5.83. The first-order valence-electron chi connectivity index (χ1n) is 5.77. The molecule has 0 aliphatic carbocycles. The maximum Gasteiger partial charge on any atom is 0.123 e. The Balaban J connectivity index is 2.22. The molecule has 1 nitrogen and oxygen atoms in total. The summed E-state index contributed by atoms with van der Waals surface area (Å²) in [5.74, 6) is -0.190. The molecule has 2 rings (SSSR count). The largest absolute Gasteiger partial charge is 0.313 e. The third kappa shape index (κ3) is 3.10. The first kappa shape index (κ1) is 13.5. The zero-order chi connectivity index (χ0) is 13.1. The van der Waals surface area contributed by atoms with E-state index >= 15 is 0 Å². The lowest BCUT2D eigenvalue weighted by Gasteiger charge is -2.18. The van der Waals surface area contributed by atoms with E-state index in [9.17, 15) is 4.39 Å². The molecule has 0 aliphatic rings. The lowest BCUT2D eigenvalue weighted by atomic mass is 9.98. The molecule has 0 spiro atoms. The normalized spacial score (nSPS) is 12.7. The number of hydrogen-bond donors (Lipinski definition) is 1. The van der Waals surface area contributed by atoms with Crippen molar-refractivity contribution in [3.05, 3.63) is 56.5 Å². The van der Waals surface area contributed by atoms with E-state index in [0.29, 0.717) is 0 Å². The lowest BCUT2D eigenvalue weighted by molar-refractivity contribution is 0.585. The van der Waals surface area contributed by atoms with E-state index < -0.39 is 0 Å². The summed E-state index contributed by atoms with van der Waals surface area (Å²) >= 11 is 7.52. The van der Waals surface area contributed by atoms with Crippen LogP contribution >= 0.6 is 22.9 Å². The van der Waals surface area contributed by atoms with E-state index in [1.54, 1.807) is 17.4 Å². The summed E-state index contributed by atoms with van der Waals surface area (Å²) in [6.45, 7) is 1.93. The predicted molar refractivity (Wildman–Crippen MR) is 76.0 cm³/mol. The third-order valence-electron chi connectivity index (χ3n) is 2.99. The summed E-state index contributed by atoms with van der Waals surface area (Å²) in [5, 5.41) is 3.28. The minimum atomic E-state index is -0.190. The fourth-order valence-corrected chi connectivity index (χ4v) is 3.19. The lowest BCUT2D eigenvalue weighted by Crippen LogP contribution is -2.19. The van der Waals surface area contributed by atoms with Crippen molar-refractivity contribution in [3.63, 3.8) is 0 Å². The summed E-state index contributed by atoms with van der Waals surface area (Å²) in [6.07, 6.45) is 0.861. The Morgan fingerprint density at radius 2 is 2.11 bits per heavy atom. The minimum absolute atomic E-state index is 0.181. The number of benzene rings is 1. The molecule has 1 aromatic carbocycles. The number of aryl methyl sites for hydroxylation is 1. The summed E-state index contributed by atoms with van der Waals surface area (Å²) in [7, 11) is 1.92. The molecule has 0 fully saturated rings. The van der Waals surface area contributed by atoms with Crippen molar-refractivity contribution in [1.82, 2.24) is 5.32 Å². The monoisotopic (exact) mass is 283 g/mol. The Bertz CT molecular complexity index is 538. The van der Waals surface area contributed by atoms with Gasteiger partial charge in [0.05, 0.1) is 4.34 Å². The zero-order valence-corrected chi connectivity index (χ0v) is 11.9. The van der Waals surface area contributed by atoms with E-state index in [4.69, 9.17) is 11.6 Å². The molecule has 0 bridgehead atoms. The molecule has 96 valence electrons. The molecule has 1 unspecified atom stereocenters. The molecule has 4 heteroatoms. The summed E-state index contributed by atoms with van der Waals surface area (Å²) in [6, 6.07) is 9.05. The van der Waals surface area contributed by atoms with Crippen molar-refractivity contribution in [1.29, 1.82) is 0 Å². The smallest absolute Gasteiger partial charge is 0.123 e. The molecule has 0 saturated heterocycles. The second-order valence-corrected chi connectivity index (χ2v) is 6.05. The van der Waals surface area contributed by atoms with E-state index in [2.05, 4.69) is 5.32 Å². The van der Waals surface area contributed by atoms with Crippen LogP contribution in [0.4, 0.5) is 4.39 Å². The van der Waals surface area contributed by atoms with Gasteiger partial charge in [0, 0.05) is 17.3 Å². The molecule has 1 aromatic heterocycles. The van der Waals surface area contributed by atoms with Crippen LogP contribution in [0, 0.1) is 12.7 Å². The Labute approximate surface area is 116 Å². The molecule has 0 aliphatic heterocycles. The van der Waals surface area contributed by atoms with Crippen LogP contribution in [0.3, 0.4) is 0 Å². The maximum atomic E-state index is 13.1. The molecule has 18 heavy (non-hydrogen) atoms. The van der Waals surface area contributed by atoms with Gasteiger partial charge in [0.15, 0.2) is 0 Å². The molecule has 2 aromatic rings. The predicted octanol–water partition coefficient (Wildman–Crippen LogP) is 4.35. The summed E-state index contributed by atoms with van der Waals surface area (Å²) in [4.78, 5) is 1.23. The fraction of sp³-hybridized carbons (Fsp3) is 0.286. The molecule has 1 heterocycles. The SMILES string of the molecule is CNC(Cc1ccc(Cl)s1)c1ccc(F)cc1C. The molecule has 0 radical (unpaired) electrons. The van der Waals surface area contributed by atoms with Crippen LogP contribution in [-0.2, 0) is 6.42 Å². The Morgan fingerprint density at radius 3 is 2.67 bits per heavy atom. The van der Waals surface area contributed by atoms with Crippen LogP contribution in [-0.4, -0.2) is 7.05 Å². The third-order valence-corrected chi connectivity index (χ3v) is 4.24. The van der Waals surface area contributed by atoms with Gasteiger partial charge >= 0.3 is 0 Å². The molecule has 1 N–H and O–H groups in total. The highest BCUT2D eigenvalue weighted by molar-refractivity contribution is 7.16. The number of nitrogens with one attached hydrogen (secondary N) is 1. The van der Waals surface area contributed by atoms with E-state index in [-0.39, 0.29) is 11.9 Å². The van der Waals surface area contributed by atoms with Gasteiger partial charge in [-0.25, -0.2) is 4.39 Å². The maximum absolute atomic E-state index is 13.1. The van der Waals surface area contributed by atoms with Gasteiger partial charge in [0.2, 0.25) is 0 Å². The van der Waals surface area contributed by atoms with Crippen molar-refractivity contribution >= 4 is 22.9 Å². The van der Waals surface area contributed by atoms with E-state index in [0.717, 1.165) is 21.9 Å². The quantitative estimate of drug-likeness (QED) is 0.879. The van der Waals surface area contributed by atoms with Crippen molar-refractivity contribution in [2.24, 2.45) is 0 Å². The van der Waals surface area contributed by atoms with Crippen molar-refractivity contribution in [2.75, 3.05) is 7.05 Å². The number of likely N-dealkylation sites (N-methyl/N-ethyl adjacent to an activating group) is 1. The molecular formula is C14H15ClFNS. The Morgan fingerprint density at radius 1 is 1.33 bits per heavy atom. The standard InChI is InChI=1S/C14H15ClFNS/c1-9-7-10(16)3-5-12(9)13(17-2)8-11-4-6-14(15)18-11/h3-7,13,17H,8H2,1-2H3. The molecule has 0 amide bonds. The number of hydrogen-bond acceptors (Lipinski definition) is 2. The number of rotatable bonds is 4. The van der Waals surface area contributed by atoms with E-state index in [1.807, 2.05) is 32.2 Å². The first-order valence-corrected chi connectivity index (χ1v) is 6.97.